The van der Waals surface area contributed by atoms with E-state index in [-0.39, 0.29) is 11.9 Å². The lowest BCUT2D eigenvalue weighted by Gasteiger charge is -2.34. The van der Waals surface area contributed by atoms with Crippen molar-refractivity contribution in [3.8, 4) is 0 Å². The molecule has 2 amide bonds. The molecular formula is C16H28N2O3. The first kappa shape index (κ1) is 16.1. The molecular weight excluding hydrogens is 268 g/mol. The van der Waals surface area contributed by atoms with Crippen LogP contribution in [0.4, 0.5) is 4.79 Å². The number of hydrogen-bond acceptors (Lipinski definition) is 2. The van der Waals surface area contributed by atoms with Gasteiger partial charge < -0.3 is 14.9 Å². The summed E-state index contributed by atoms with van der Waals surface area (Å²) in [5, 5.41) is 9.02. The number of likely N-dealkylation sites (tertiary alicyclic amines) is 2. The molecule has 0 aliphatic carbocycles. The number of urea groups is 1. The zero-order valence-corrected chi connectivity index (χ0v) is 13.3. The molecule has 0 aromatic heterocycles. The first-order valence-corrected chi connectivity index (χ1v) is 8.25. The number of aliphatic carboxylic acids is 1. The van der Waals surface area contributed by atoms with Gasteiger partial charge in [-0.15, -0.1) is 0 Å². The zero-order valence-electron chi connectivity index (χ0n) is 13.3. The van der Waals surface area contributed by atoms with E-state index in [1.807, 2.05) is 9.80 Å². The quantitative estimate of drug-likeness (QED) is 0.852. The van der Waals surface area contributed by atoms with E-state index in [0.29, 0.717) is 31.8 Å². The molecule has 0 aromatic rings. The summed E-state index contributed by atoms with van der Waals surface area (Å²) in [7, 11) is 0. The second-order valence-electron chi connectivity index (χ2n) is 6.80. The van der Waals surface area contributed by atoms with E-state index in [0.717, 1.165) is 31.8 Å². The number of carbonyl (C=O) groups excluding carboxylic acids is 1. The van der Waals surface area contributed by atoms with Crippen LogP contribution in [-0.2, 0) is 4.79 Å². The standard InChI is InChI=1S/C16H28N2O3/c1-12(2)13-4-3-8-17(9-5-13)16(21)18-10-6-14(7-11-18)15(19)20/h12-14H,3-11H2,1-2H3,(H,19,20). The maximum absolute atomic E-state index is 12.6. The van der Waals surface area contributed by atoms with Gasteiger partial charge in [-0.3, -0.25) is 4.79 Å². The average Bonchev–Trinajstić information content (AvgIpc) is 2.72. The number of carbonyl (C=O) groups is 2. The van der Waals surface area contributed by atoms with Crippen LogP contribution < -0.4 is 0 Å². The van der Waals surface area contributed by atoms with Crippen molar-refractivity contribution < 1.29 is 14.7 Å². The molecule has 1 N–H and O–H groups in total. The fraction of sp³-hybridized carbons (Fsp3) is 0.875. The highest BCUT2D eigenvalue weighted by atomic mass is 16.4. The Bertz CT molecular complexity index is 376. The third kappa shape index (κ3) is 4.11. The zero-order chi connectivity index (χ0) is 15.4. The SMILES string of the molecule is CC(C)C1CCCN(C(=O)N2CCC(C(=O)O)CC2)CC1. The second-order valence-corrected chi connectivity index (χ2v) is 6.80. The van der Waals surface area contributed by atoms with Crippen molar-refractivity contribution in [3.63, 3.8) is 0 Å². The first-order chi connectivity index (χ1) is 9.99. The van der Waals surface area contributed by atoms with Crippen LogP contribution in [-0.4, -0.2) is 53.1 Å². The van der Waals surface area contributed by atoms with Gasteiger partial charge >= 0.3 is 12.0 Å². The van der Waals surface area contributed by atoms with Crippen molar-refractivity contribution in [1.82, 2.24) is 9.80 Å². The average molecular weight is 296 g/mol. The Morgan fingerprint density at radius 2 is 1.52 bits per heavy atom. The highest BCUT2D eigenvalue weighted by Crippen LogP contribution is 2.26. The minimum atomic E-state index is -0.725. The van der Waals surface area contributed by atoms with Crippen molar-refractivity contribution in [2.75, 3.05) is 26.2 Å². The van der Waals surface area contributed by atoms with Crippen LogP contribution in [0.25, 0.3) is 0 Å². The molecule has 2 aliphatic rings. The monoisotopic (exact) mass is 296 g/mol. The van der Waals surface area contributed by atoms with Gasteiger partial charge in [0.15, 0.2) is 0 Å². The maximum Gasteiger partial charge on any atom is 0.319 e. The van der Waals surface area contributed by atoms with Crippen LogP contribution in [0.15, 0.2) is 0 Å². The molecule has 2 heterocycles. The Balaban J connectivity index is 1.85. The van der Waals surface area contributed by atoms with E-state index in [4.69, 9.17) is 5.11 Å². The fourth-order valence-corrected chi connectivity index (χ4v) is 3.50. The lowest BCUT2D eigenvalue weighted by molar-refractivity contribution is -0.143. The van der Waals surface area contributed by atoms with Crippen LogP contribution >= 0.6 is 0 Å². The Labute approximate surface area is 127 Å². The second kappa shape index (κ2) is 7.14. The number of amides is 2. The Morgan fingerprint density at radius 1 is 0.952 bits per heavy atom. The topological polar surface area (TPSA) is 60.9 Å². The molecule has 2 rings (SSSR count). The van der Waals surface area contributed by atoms with Crippen molar-refractivity contribution in [2.24, 2.45) is 17.8 Å². The third-order valence-electron chi connectivity index (χ3n) is 5.10. The highest BCUT2D eigenvalue weighted by molar-refractivity contribution is 5.75. The number of hydrogen-bond donors (Lipinski definition) is 1. The molecule has 21 heavy (non-hydrogen) atoms. The lowest BCUT2D eigenvalue weighted by Crippen LogP contribution is -2.47. The van der Waals surface area contributed by atoms with E-state index in [1.54, 1.807) is 0 Å². The molecule has 0 radical (unpaired) electrons. The van der Waals surface area contributed by atoms with Gasteiger partial charge in [-0.25, -0.2) is 4.79 Å². The molecule has 120 valence electrons. The molecule has 5 nitrogen and oxygen atoms in total. The van der Waals surface area contributed by atoms with Gasteiger partial charge in [0.05, 0.1) is 5.92 Å². The molecule has 1 unspecified atom stereocenters. The van der Waals surface area contributed by atoms with Crippen molar-refractivity contribution in [1.29, 1.82) is 0 Å². The summed E-state index contributed by atoms with van der Waals surface area (Å²) in [5.74, 6) is 0.409. The van der Waals surface area contributed by atoms with Crippen LogP contribution in [0.5, 0.6) is 0 Å². The normalized spacial score (nSPS) is 25.0. The Hall–Kier alpha value is -1.26. The summed E-state index contributed by atoms with van der Waals surface area (Å²) in [6, 6.07) is 0.114. The van der Waals surface area contributed by atoms with Crippen molar-refractivity contribution >= 4 is 12.0 Å². The summed E-state index contributed by atoms with van der Waals surface area (Å²) < 4.78 is 0. The first-order valence-electron chi connectivity index (χ1n) is 8.25. The number of piperidine rings is 1. The van der Waals surface area contributed by atoms with E-state index < -0.39 is 5.97 Å². The van der Waals surface area contributed by atoms with Crippen LogP contribution in [0.2, 0.25) is 0 Å². The molecule has 2 aliphatic heterocycles. The largest absolute Gasteiger partial charge is 0.481 e. The number of nitrogens with zero attached hydrogens (tertiary/aromatic N) is 2. The van der Waals surface area contributed by atoms with E-state index >= 15 is 0 Å². The Kier molecular flexibility index (Phi) is 5.48. The molecule has 0 spiro atoms. The van der Waals surface area contributed by atoms with Gasteiger partial charge in [0.25, 0.3) is 0 Å². The van der Waals surface area contributed by atoms with Gasteiger partial charge in [-0.2, -0.15) is 0 Å². The van der Waals surface area contributed by atoms with Crippen molar-refractivity contribution in [2.45, 2.75) is 46.0 Å². The maximum atomic E-state index is 12.6. The predicted molar refractivity (Wildman–Crippen MR) is 81.1 cm³/mol. The number of carboxylic acid groups (broad SMARTS) is 1. The molecule has 0 bridgehead atoms. The van der Waals surface area contributed by atoms with Gasteiger partial charge in [-0.05, 0) is 43.9 Å². The summed E-state index contributed by atoms with van der Waals surface area (Å²) in [4.78, 5) is 27.3. The fourth-order valence-electron chi connectivity index (χ4n) is 3.50. The smallest absolute Gasteiger partial charge is 0.319 e. The van der Waals surface area contributed by atoms with Gasteiger partial charge in [0, 0.05) is 26.2 Å². The molecule has 0 saturated carbocycles. The van der Waals surface area contributed by atoms with Gasteiger partial charge in [0.1, 0.15) is 0 Å². The van der Waals surface area contributed by atoms with Crippen LogP contribution in [0.3, 0.4) is 0 Å². The summed E-state index contributed by atoms with van der Waals surface area (Å²) in [6.07, 6.45) is 4.56. The van der Waals surface area contributed by atoms with E-state index in [2.05, 4.69) is 13.8 Å². The van der Waals surface area contributed by atoms with E-state index in [9.17, 15) is 9.59 Å². The number of carboxylic acids is 1. The summed E-state index contributed by atoms with van der Waals surface area (Å²) in [5.41, 5.74) is 0. The predicted octanol–water partition coefficient (Wildman–Crippen LogP) is 2.66. The minimum absolute atomic E-state index is 0.114. The minimum Gasteiger partial charge on any atom is -0.481 e. The summed E-state index contributed by atoms with van der Waals surface area (Å²) in [6.45, 7) is 7.39. The molecule has 0 aromatic carbocycles. The molecule has 2 saturated heterocycles. The summed E-state index contributed by atoms with van der Waals surface area (Å²) >= 11 is 0. The Morgan fingerprint density at radius 3 is 2.10 bits per heavy atom. The number of rotatable bonds is 2. The van der Waals surface area contributed by atoms with Gasteiger partial charge in [0.2, 0.25) is 0 Å². The van der Waals surface area contributed by atoms with Crippen molar-refractivity contribution in [3.05, 3.63) is 0 Å². The molecule has 1 atom stereocenters. The van der Waals surface area contributed by atoms with E-state index in [1.165, 1.54) is 6.42 Å². The van der Waals surface area contributed by atoms with Gasteiger partial charge in [-0.1, -0.05) is 13.8 Å². The highest BCUT2D eigenvalue weighted by Gasteiger charge is 2.30. The lowest BCUT2D eigenvalue weighted by atomic mass is 9.89. The third-order valence-corrected chi connectivity index (χ3v) is 5.10. The molecule has 2 fully saturated rings. The van der Waals surface area contributed by atoms with Crippen LogP contribution in [0.1, 0.15) is 46.0 Å². The van der Waals surface area contributed by atoms with Crippen LogP contribution in [0, 0.1) is 17.8 Å². The molecule has 5 heteroatoms.